The molecule has 0 fully saturated rings. The predicted molar refractivity (Wildman–Crippen MR) is 53.0 cm³/mol. The number of hydrogen-bond acceptors (Lipinski definition) is 4. The van der Waals surface area contributed by atoms with E-state index in [0.717, 1.165) is 5.56 Å². The number of esters is 1. The van der Waals surface area contributed by atoms with Crippen molar-refractivity contribution in [3.8, 4) is 0 Å². The van der Waals surface area contributed by atoms with Gasteiger partial charge in [-0.1, -0.05) is 13.8 Å². The minimum Gasteiger partial charge on any atom is -0.461 e. The van der Waals surface area contributed by atoms with E-state index in [1.807, 2.05) is 13.8 Å². The third-order valence-electron chi connectivity index (χ3n) is 1.89. The molecule has 0 saturated heterocycles. The first kappa shape index (κ1) is 10.6. The summed E-state index contributed by atoms with van der Waals surface area (Å²) in [5, 5.41) is 6.38. The third kappa shape index (κ3) is 1.86. The molecule has 0 radical (unpaired) electrons. The average molecular weight is 197 g/mol. The minimum atomic E-state index is -0.402. The summed E-state index contributed by atoms with van der Waals surface area (Å²) in [5.74, 6) is 0.108. The van der Waals surface area contributed by atoms with E-state index >= 15 is 0 Å². The molecular weight excluding hydrogens is 182 g/mol. The Morgan fingerprint density at radius 2 is 2.29 bits per heavy atom. The van der Waals surface area contributed by atoms with Gasteiger partial charge in [0.2, 0.25) is 0 Å². The number of ether oxygens (including phenoxy) is 1. The molecule has 0 aliphatic rings. The van der Waals surface area contributed by atoms with Gasteiger partial charge in [0, 0.05) is 5.56 Å². The Morgan fingerprint density at radius 1 is 1.64 bits per heavy atom. The lowest BCUT2D eigenvalue weighted by atomic mass is 10.0. The van der Waals surface area contributed by atoms with Crippen LogP contribution in [0.3, 0.4) is 0 Å². The molecule has 0 saturated carbocycles. The molecule has 0 aliphatic heterocycles. The third-order valence-corrected chi connectivity index (χ3v) is 1.89. The van der Waals surface area contributed by atoms with Crippen LogP contribution in [0.4, 0.5) is 5.82 Å². The summed E-state index contributed by atoms with van der Waals surface area (Å²) in [5.41, 5.74) is 6.71. The van der Waals surface area contributed by atoms with Crippen LogP contribution in [0.15, 0.2) is 0 Å². The molecule has 5 heteroatoms. The second-order valence-electron chi connectivity index (χ2n) is 3.27. The van der Waals surface area contributed by atoms with Crippen LogP contribution in [0.25, 0.3) is 0 Å². The lowest BCUT2D eigenvalue weighted by Crippen LogP contribution is -2.09. The SMILES string of the molecule is CCOC(=O)c1[nH]nc(N)c1C(C)C. The van der Waals surface area contributed by atoms with Gasteiger partial charge in [0.25, 0.3) is 0 Å². The molecule has 78 valence electrons. The Labute approximate surface area is 82.6 Å². The van der Waals surface area contributed by atoms with Gasteiger partial charge < -0.3 is 10.5 Å². The number of nitrogens with zero attached hydrogens (tertiary/aromatic N) is 1. The van der Waals surface area contributed by atoms with E-state index in [1.54, 1.807) is 6.92 Å². The van der Waals surface area contributed by atoms with Gasteiger partial charge in [-0.05, 0) is 12.8 Å². The Kier molecular flexibility index (Phi) is 3.11. The Morgan fingerprint density at radius 3 is 2.79 bits per heavy atom. The molecule has 0 atom stereocenters. The Balaban J connectivity index is 3.02. The number of H-pyrrole nitrogens is 1. The van der Waals surface area contributed by atoms with Crippen molar-refractivity contribution in [2.24, 2.45) is 0 Å². The second-order valence-corrected chi connectivity index (χ2v) is 3.27. The van der Waals surface area contributed by atoms with E-state index in [9.17, 15) is 4.79 Å². The molecular formula is C9H15N3O2. The monoisotopic (exact) mass is 197 g/mol. The smallest absolute Gasteiger partial charge is 0.356 e. The fourth-order valence-electron chi connectivity index (χ4n) is 1.31. The van der Waals surface area contributed by atoms with Gasteiger partial charge in [-0.25, -0.2) is 4.79 Å². The largest absolute Gasteiger partial charge is 0.461 e. The van der Waals surface area contributed by atoms with Crippen LogP contribution in [0.2, 0.25) is 0 Å². The molecule has 3 N–H and O–H groups in total. The van der Waals surface area contributed by atoms with Crippen LogP contribution in [0.5, 0.6) is 0 Å². The fourth-order valence-corrected chi connectivity index (χ4v) is 1.31. The van der Waals surface area contributed by atoms with E-state index in [-0.39, 0.29) is 5.92 Å². The standard InChI is InChI=1S/C9H15N3O2/c1-4-14-9(13)7-6(5(2)3)8(10)12-11-7/h5H,4H2,1-3H3,(H3,10,11,12). The molecule has 14 heavy (non-hydrogen) atoms. The molecule has 1 rings (SSSR count). The van der Waals surface area contributed by atoms with Gasteiger partial charge in [-0.3, -0.25) is 5.10 Å². The van der Waals surface area contributed by atoms with Crippen LogP contribution in [0.1, 0.15) is 42.7 Å². The summed E-state index contributed by atoms with van der Waals surface area (Å²) in [6, 6.07) is 0. The highest BCUT2D eigenvalue weighted by Crippen LogP contribution is 2.23. The highest BCUT2D eigenvalue weighted by atomic mass is 16.5. The van der Waals surface area contributed by atoms with Crippen molar-refractivity contribution >= 4 is 11.8 Å². The van der Waals surface area contributed by atoms with Crippen LogP contribution in [-0.2, 0) is 4.74 Å². The lowest BCUT2D eigenvalue weighted by Gasteiger charge is -2.06. The van der Waals surface area contributed by atoms with E-state index in [1.165, 1.54) is 0 Å². The quantitative estimate of drug-likeness (QED) is 0.715. The van der Waals surface area contributed by atoms with Crippen molar-refractivity contribution in [2.45, 2.75) is 26.7 Å². The number of aromatic nitrogens is 2. The number of carbonyl (C=O) groups excluding carboxylic acids is 1. The molecule has 0 aliphatic carbocycles. The first-order valence-corrected chi connectivity index (χ1v) is 4.58. The zero-order valence-corrected chi connectivity index (χ0v) is 8.63. The topological polar surface area (TPSA) is 81.0 Å². The molecule has 0 spiro atoms. The van der Waals surface area contributed by atoms with Gasteiger partial charge >= 0.3 is 5.97 Å². The molecule has 0 unspecified atom stereocenters. The highest BCUT2D eigenvalue weighted by Gasteiger charge is 2.20. The van der Waals surface area contributed by atoms with Crippen LogP contribution < -0.4 is 5.73 Å². The van der Waals surface area contributed by atoms with Gasteiger partial charge in [0.05, 0.1) is 6.61 Å². The fraction of sp³-hybridized carbons (Fsp3) is 0.556. The maximum absolute atomic E-state index is 11.4. The van der Waals surface area contributed by atoms with Crippen molar-refractivity contribution < 1.29 is 9.53 Å². The molecule has 1 aromatic heterocycles. The van der Waals surface area contributed by atoms with Crippen LogP contribution >= 0.6 is 0 Å². The molecule has 0 aromatic carbocycles. The summed E-state index contributed by atoms with van der Waals surface area (Å²) in [7, 11) is 0. The van der Waals surface area contributed by atoms with Crippen molar-refractivity contribution in [3.05, 3.63) is 11.3 Å². The molecule has 1 aromatic rings. The van der Waals surface area contributed by atoms with Crippen LogP contribution in [-0.4, -0.2) is 22.8 Å². The molecule has 0 bridgehead atoms. The number of nitrogen functional groups attached to an aromatic ring is 1. The van der Waals surface area contributed by atoms with Gasteiger partial charge in [0.1, 0.15) is 11.5 Å². The number of rotatable bonds is 3. The average Bonchev–Trinajstić information content (AvgIpc) is 2.47. The normalized spacial score (nSPS) is 10.6. The molecule has 0 amide bonds. The van der Waals surface area contributed by atoms with E-state index in [0.29, 0.717) is 18.1 Å². The summed E-state index contributed by atoms with van der Waals surface area (Å²) in [6.45, 7) is 6.00. The number of aromatic amines is 1. The van der Waals surface area contributed by atoms with Gasteiger partial charge in [-0.15, -0.1) is 0 Å². The number of anilines is 1. The Hall–Kier alpha value is -1.52. The number of nitrogens with one attached hydrogen (secondary N) is 1. The maximum atomic E-state index is 11.4. The van der Waals surface area contributed by atoms with Crippen molar-refractivity contribution in [1.82, 2.24) is 10.2 Å². The van der Waals surface area contributed by atoms with Gasteiger partial charge in [0.15, 0.2) is 0 Å². The summed E-state index contributed by atoms with van der Waals surface area (Å²) in [4.78, 5) is 11.4. The zero-order chi connectivity index (χ0) is 10.7. The number of hydrogen-bond donors (Lipinski definition) is 2. The van der Waals surface area contributed by atoms with E-state index < -0.39 is 5.97 Å². The number of nitrogens with two attached hydrogens (primary N) is 1. The van der Waals surface area contributed by atoms with Crippen molar-refractivity contribution in [1.29, 1.82) is 0 Å². The summed E-state index contributed by atoms with van der Waals surface area (Å²) in [6.07, 6.45) is 0. The number of carbonyl (C=O) groups is 1. The van der Waals surface area contributed by atoms with E-state index in [4.69, 9.17) is 10.5 Å². The van der Waals surface area contributed by atoms with Crippen molar-refractivity contribution in [2.75, 3.05) is 12.3 Å². The first-order valence-electron chi connectivity index (χ1n) is 4.58. The maximum Gasteiger partial charge on any atom is 0.356 e. The molecule has 1 heterocycles. The van der Waals surface area contributed by atoms with E-state index in [2.05, 4.69) is 10.2 Å². The summed E-state index contributed by atoms with van der Waals surface area (Å²) >= 11 is 0. The Bertz CT molecular complexity index is 331. The minimum absolute atomic E-state index is 0.146. The first-order chi connectivity index (χ1) is 6.57. The van der Waals surface area contributed by atoms with Crippen molar-refractivity contribution in [3.63, 3.8) is 0 Å². The second kappa shape index (κ2) is 4.13. The van der Waals surface area contributed by atoms with Gasteiger partial charge in [-0.2, -0.15) is 5.10 Å². The summed E-state index contributed by atoms with van der Waals surface area (Å²) < 4.78 is 4.87. The zero-order valence-electron chi connectivity index (χ0n) is 8.63. The van der Waals surface area contributed by atoms with Crippen LogP contribution in [0, 0.1) is 0 Å². The molecule has 5 nitrogen and oxygen atoms in total. The highest BCUT2D eigenvalue weighted by molar-refractivity contribution is 5.90. The lowest BCUT2D eigenvalue weighted by molar-refractivity contribution is 0.0517. The predicted octanol–water partition coefficient (Wildman–Crippen LogP) is 1.29.